The van der Waals surface area contributed by atoms with Crippen LogP contribution in [0.4, 0.5) is 0 Å². The van der Waals surface area contributed by atoms with E-state index in [9.17, 15) is 0 Å². The minimum absolute atomic E-state index is 0.377. The molecule has 5 heteroatoms. The lowest BCUT2D eigenvalue weighted by Gasteiger charge is -2.10. The second-order valence-corrected chi connectivity index (χ2v) is 3.17. The molecule has 0 heterocycles. The van der Waals surface area contributed by atoms with Gasteiger partial charge in [-0.2, -0.15) is 0 Å². The highest BCUT2D eigenvalue weighted by molar-refractivity contribution is 6.33. The Morgan fingerprint density at radius 1 is 1.33 bits per heavy atom. The van der Waals surface area contributed by atoms with E-state index >= 15 is 0 Å². The lowest BCUT2D eigenvalue weighted by atomic mass is 10.1. The monoisotopic (exact) mass is 210 g/mol. The Bertz CT molecular complexity index is 314. The molecule has 0 bridgehead atoms. The van der Waals surface area contributed by atoms with Crippen molar-refractivity contribution in [1.82, 2.24) is 0 Å². The number of aryl methyl sites for hydroxylation is 1. The van der Waals surface area contributed by atoms with E-state index < -0.39 is 7.32 Å². The van der Waals surface area contributed by atoms with Gasteiger partial charge in [0, 0.05) is 6.07 Å². The normalized spacial score (nSPS) is 9.87. The highest BCUT2D eigenvalue weighted by Gasteiger charge is 2.12. The van der Waals surface area contributed by atoms with Crippen molar-refractivity contribution in [2.45, 2.75) is 19.8 Å². The van der Waals surface area contributed by atoms with E-state index in [1.165, 1.54) is 0 Å². The summed E-state index contributed by atoms with van der Waals surface area (Å²) in [7, 11) is -0.222. The summed E-state index contributed by atoms with van der Waals surface area (Å²) in [5, 5.41) is 17.3. The van der Waals surface area contributed by atoms with Crippen molar-refractivity contribution < 1.29 is 19.4 Å². The maximum atomic E-state index is 8.63. The summed E-state index contributed by atoms with van der Waals surface area (Å²) >= 11 is 0. The summed E-state index contributed by atoms with van der Waals surface area (Å²) in [6.07, 6.45) is 1.95. The van der Waals surface area contributed by atoms with Crippen LogP contribution in [-0.2, 0) is 6.42 Å². The SMILES string of the molecule is CCCc1ccc(OB(O)O)cc1OC. The van der Waals surface area contributed by atoms with E-state index in [0.29, 0.717) is 11.5 Å². The van der Waals surface area contributed by atoms with Crippen LogP contribution in [0.15, 0.2) is 18.2 Å². The fourth-order valence-electron chi connectivity index (χ4n) is 1.40. The van der Waals surface area contributed by atoms with Crippen LogP contribution in [0.3, 0.4) is 0 Å². The molecule has 0 fully saturated rings. The highest BCUT2D eigenvalue weighted by atomic mass is 16.6. The van der Waals surface area contributed by atoms with Gasteiger partial charge in [0.25, 0.3) is 0 Å². The van der Waals surface area contributed by atoms with Crippen molar-refractivity contribution in [1.29, 1.82) is 0 Å². The van der Waals surface area contributed by atoms with E-state index in [1.54, 1.807) is 19.2 Å². The number of ether oxygens (including phenoxy) is 1. The molecule has 0 unspecified atom stereocenters. The van der Waals surface area contributed by atoms with Gasteiger partial charge in [0.2, 0.25) is 0 Å². The largest absolute Gasteiger partial charge is 0.707 e. The molecule has 0 radical (unpaired) electrons. The molecule has 0 atom stereocenters. The first-order valence-electron chi connectivity index (χ1n) is 4.87. The Labute approximate surface area is 89.6 Å². The summed E-state index contributed by atoms with van der Waals surface area (Å²) < 4.78 is 9.90. The van der Waals surface area contributed by atoms with Gasteiger partial charge in [-0.15, -0.1) is 0 Å². The number of benzene rings is 1. The van der Waals surface area contributed by atoms with E-state index in [-0.39, 0.29) is 0 Å². The van der Waals surface area contributed by atoms with E-state index in [2.05, 4.69) is 6.92 Å². The molecule has 0 aliphatic rings. The van der Waals surface area contributed by atoms with Crippen molar-refractivity contribution in [3.63, 3.8) is 0 Å². The molecule has 0 saturated carbocycles. The van der Waals surface area contributed by atoms with Crippen molar-refractivity contribution in [3.8, 4) is 11.5 Å². The first-order chi connectivity index (χ1) is 7.17. The fraction of sp³-hybridized carbons (Fsp3) is 0.400. The third kappa shape index (κ3) is 3.45. The van der Waals surface area contributed by atoms with Gasteiger partial charge >= 0.3 is 7.32 Å². The second-order valence-electron chi connectivity index (χ2n) is 3.17. The molecule has 4 nitrogen and oxygen atoms in total. The van der Waals surface area contributed by atoms with E-state index in [4.69, 9.17) is 19.4 Å². The summed E-state index contributed by atoms with van der Waals surface area (Å²) in [5.41, 5.74) is 1.08. The zero-order chi connectivity index (χ0) is 11.3. The van der Waals surface area contributed by atoms with E-state index in [0.717, 1.165) is 18.4 Å². The van der Waals surface area contributed by atoms with Crippen molar-refractivity contribution in [3.05, 3.63) is 23.8 Å². The first kappa shape index (κ1) is 11.9. The lowest BCUT2D eigenvalue weighted by molar-refractivity contribution is 0.287. The molecule has 0 aromatic heterocycles. The lowest BCUT2D eigenvalue weighted by Crippen LogP contribution is -2.20. The number of hydrogen-bond donors (Lipinski definition) is 2. The van der Waals surface area contributed by atoms with Gasteiger partial charge < -0.3 is 19.4 Å². The molecule has 0 aliphatic carbocycles. The molecule has 1 rings (SSSR count). The predicted molar refractivity (Wildman–Crippen MR) is 57.8 cm³/mol. The number of hydrogen-bond acceptors (Lipinski definition) is 4. The summed E-state index contributed by atoms with van der Waals surface area (Å²) in [5.74, 6) is 1.08. The van der Waals surface area contributed by atoms with Gasteiger partial charge in [0.15, 0.2) is 0 Å². The van der Waals surface area contributed by atoms with Crippen LogP contribution < -0.4 is 9.39 Å². The predicted octanol–water partition coefficient (Wildman–Crippen LogP) is 0.996. The minimum atomic E-state index is -1.80. The Kier molecular flexibility index (Phi) is 4.46. The van der Waals surface area contributed by atoms with Gasteiger partial charge in [0.05, 0.1) is 7.11 Å². The molecule has 0 amide bonds. The zero-order valence-electron chi connectivity index (χ0n) is 8.93. The Morgan fingerprint density at radius 2 is 2.07 bits per heavy atom. The zero-order valence-corrected chi connectivity index (χ0v) is 8.93. The van der Waals surface area contributed by atoms with Crippen LogP contribution in [0.5, 0.6) is 11.5 Å². The quantitative estimate of drug-likeness (QED) is 0.711. The van der Waals surface area contributed by atoms with Gasteiger partial charge in [-0.1, -0.05) is 19.4 Å². The van der Waals surface area contributed by atoms with Crippen LogP contribution >= 0.6 is 0 Å². The van der Waals surface area contributed by atoms with Crippen LogP contribution in [-0.4, -0.2) is 24.5 Å². The third-order valence-corrected chi connectivity index (χ3v) is 2.02. The van der Waals surface area contributed by atoms with Crippen molar-refractivity contribution in [2.24, 2.45) is 0 Å². The van der Waals surface area contributed by atoms with Crippen LogP contribution in [0.2, 0.25) is 0 Å². The number of methoxy groups -OCH3 is 1. The smallest absolute Gasteiger partial charge is 0.512 e. The van der Waals surface area contributed by atoms with Crippen LogP contribution in [0.25, 0.3) is 0 Å². The molecule has 2 N–H and O–H groups in total. The maximum Gasteiger partial charge on any atom is 0.707 e. The third-order valence-electron chi connectivity index (χ3n) is 2.02. The summed E-state index contributed by atoms with van der Waals surface area (Å²) in [4.78, 5) is 0. The average molecular weight is 210 g/mol. The summed E-state index contributed by atoms with van der Waals surface area (Å²) in [6.45, 7) is 2.08. The van der Waals surface area contributed by atoms with Gasteiger partial charge in [-0.3, -0.25) is 0 Å². The van der Waals surface area contributed by atoms with E-state index in [1.807, 2.05) is 6.07 Å². The van der Waals surface area contributed by atoms with Crippen molar-refractivity contribution >= 4 is 7.32 Å². The molecule has 0 aliphatic heterocycles. The van der Waals surface area contributed by atoms with Crippen LogP contribution in [0, 0.1) is 0 Å². The number of rotatable bonds is 5. The topological polar surface area (TPSA) is 58.9 Å². The summed E-state index contributed by atoms with van der Waals surface area (Å²) in [6, 6.07) is 5.19. The Balaban J connectivity index is 2.86. The Hall–Kier alpha value is -1.20. The molecular weight excluding hydrogens is 195 g/mol. The molecule has 82 valence electrons. The minimum Gasteiger partial charge on any atom is -0.512 e. The molecule has 1 aromatic rings. The van der Waals surface area contributed by atoms with Crippen LogP contribution in [0.1, 0.15) is 18.9 Å². The van der Waals surface area contributed by atoms with Gasteiger partial charge in [0.1, 0.15) is 11.5 Å². The standard InChI is InChI=1S/C10H15BO4/c1-3-4-8-5-6-9(15-11(12)13)7-10(8)14-2/h5-7,12-13H,3-4H2,1-2H3. The first-order valence-corrected chi connectivity index (χ1v) is 4.87. The molecular formula is C10H15BO4. The molecule has 0 saturated heterocycles. The van der Waals surface area contributed by atoms with Crippen molar-refractivity contribution in [2.75, 3.05) is 7.11 Å². The highest BCUT2D eigenvalue weighted by Crippen LogP contribution is 2.25. The second kappa shape index (κ2) is 5.63. The van der Waals surface area contributed by atoms with Gasteiger partial charge in [-0.25, -0.2) is 0 Å². The molecule has 15 heavy (non-hydrogen) atoms. The molecule has 1 aromatic carbocycles. The fourth-order valence-corrected chi connectivity index (χ4v) is 1.40. The Morgan fingerprint density at radius 3 is 2.60 bits per heavy atom. The average Bonchev–Trinajstić information content (AvgIpc) is 2.20. The molecule has 0 spiro atoms. The maximum absolute atomic E-state index is 8.63. The van der Waals surface area contributed by atoms with Gasteiger partial charge in [-0.05, 0) is 18.1 Å².